The number of likely N-dealkylation sites (N-methyl/N-ethyl adjacent to an activating group) is 1. The van der Waals surface area contributed by atoms with Crippen molar-refractivity contribution in [3.63, 3.8) is 0 Å². The summed E-state index contributed by atoms with van der Waals surface area (Å²) in [6.45, 7) is 14.0. The van der Waals surface area contributed by atoms with Gasteiger partial charge in [0.2, 0.25) is 0 Å². The molecule has 2 aliphatic rings. The maximum Gasteiger partial charge on any atom is 0.316 e. The molecule has 3 heterocycles. The van der Waals surface area contributed by atoms with E-state index in [1.165, 1.54) is 21.0 Å². The molecule has 2 fully saturated rings. The van der Waals surface area contributed by atoms with Gasteiger partial charge in [-0.15, -0.1) is 0 Å². The minimum atomic E-state index is -1.86. The second kappa shape index (κ2) is 18.5. The first-order valence-electron chi connectivity index (χ1n) is 19.3. The molecule has 1 aromatic heterocycles. The number of carbonyl (C=O) groups is 2. The monoisotopic (exact) mass is 759 g/mol. The zero-order valence-electron chi connectivity index (χ0n) is 33.9. The van der Waals surface area contributed by atoms with Crippen LogP contribution >= 0.6 is 0 Å². The molecule has 0 radical (unpaired) electrons. The maximum atomic E-state index is 14.4. The molecule has 0 spiro atoms. The molecule has 5 N–H and O–H groups in total. The zero-order valence-corrected chi connectivity index (χ0v) is 33.9. The number of carbonyl (C=O) groups excluding carboxylic acids is 2. The quantitative estimate of drug-likeness (QED) is 0.133. The zero-order chi connectivity index (χ0) is 40.1. The Morgan fingerprint density at radius 1 is 1.09 bits per heavy atom. The van der Waals surface area contributed by atoms with Crippen LogP contribution in [0.5, 0.6) is 0 Å². The van der Waals surface area contributed by atoms with Crippen molar-refractivity contribution in [2.45, 2.75) is 135 Å². The molecule has 54 heavy (non-hydrogen) atoms. The molecule has 0 saturated carbocycles. The van der Waals surface area contributed by atoms with Gasteiger partial charge in [-0.2, -0.15) is 5.48 Å². The normalized spacial score (nSPS) is 39.2. The predicted molar refractivity (Wildman–Crippen MR) is 206 cm³/mol. The van der Waals surface area contributed by atoms with Gasteiger partial charge in [-0.05, 0) is 78.6 Å². The molecule has 1 aromatic carbocycles. The van der Waals surface area contributed by atoms with Crippen LogP contribution in [-0.4, -0.2) is 125 Å². The van der Waals surface area contributed by atoms with Crippen molar-refractivity contribution in [2.75, 3.05) is 27.8 Å². The molecule has 2 aromatic rings. The highest BCUT2D eigenvalue weighted by molar-refractivity contribution is 6.00. The highest BCUT2D eigenvalue weighted by Gasteiger charge is 2.52. The van der Waals surface area contributed by atoms with Gasteiger partial charge in [0.25, 0.3) is 0 Å². The summed E-state index contributed by atoms with van der Waals surface area (Å²) < 4.78 is 25.7. The number of aromatic amines is 1. The van der Waals surface area contributed by atoms with E-state index in [1.54, 1.807) is 20.8 Å². The largest absolute Gasteiger partial charge is 0.459 e. The van der Waals surface area contributed by atoms with E-state index >= 15 is 0 Å². The summed E-state index contributed by atoms with van der Waals surface area (Å²) in [6.07, 6.45) is 0.899. The summed E-state index contributed by atoms with van der Waals surface area (Å²) in [5, 5.41) is 36.1. The van der Waals surface area contributed by atoms with Crippen LogP contribution in [0.3, 0.4) is 0 Å². The van der Waals surface area contributed by atoms with Gasteiger partial charge < -0.3 is 49.0 Å². The molecule has 0 unspecified atom stereocenters. The van der Waals surface area contributed by atoms with Crippen molar-refractivity contribution in [3.8, 4) is 0 Å². The Morgan fingerprint density at radius 3 is 2.43 bits per heavy atom. The number of aliphatic hydroxyl groups excluding tert-OH is 2. The average molecular weight is 760 g/mol. The number of hydrogen-bond acceptors (Lipinski definition) is 12. The van der Waals surface area contributed by atoms with Gasteiger partial charge in [-0.25, -0.2) is 0 Å². The number of hydroxylamine groups is 1. The Kier molecular flexibility index (Phi) is 15.1. The number of rotatable bonds is 10. The number of para-hydroxylation sites is 1. The van der Waals surface area contributed by atoms with E-state index in [2.05, 4.69) is 10.5 Å². The fourth-order valence-electron chi connectivity index (χ4n) is 8.57. The summed E-state index contributed by atoms with van der Waals surface area (Å²) in [7, 11) is 5.26. The molecule has 2 saturated heterocycles. The first-order chi connectivity index (χ1) is 25.4. The smallest absolute Gasteiger partial charge is 0.316 e. The lowest BCUT2D eigenvalue weighted by atomic mass is 9.72. The summed E-state index contributed by atoms with van der Waals surface area (Å²) in [5.41, 5.74) is 1.91. The van der Waals surface area contributed by atoms with Gasteiger partial charge in [-0.3, -0.25) is 9.59 Å². The van der Waals surface area contributed by atoms with Crippen molar-refractivity contribution in [1.82, 2.24) is 15.4 Å². The van der Waals surface area contributed by atoms with Crippen molar-refractivity contribution < 1.29 is 48.7 Å². The maximum absolute atomic E-state index is 14.4. The van der Waals surface area contributed by atoms with Crippen LogP contribution in [0.4, 0.5) is 0 Å². The van der Waals surface area contributed by atoms with Crippen molar-refractivity contribution in [3.05, 3.63) is 42.1 Å². The lowest BCUT2D eigenvalue weighted by molar-refractivity contribution is -0.297. The molecular formula is C41H65N3O10. The van der Waals surface area contributed by atoms with E-state index in [4.69, 9.17) is 23.8 Å². The summed E-state index contributed by atoms with van der Waals surface area (Å²) in [5.74, 6) is -4.43. The third-order valence-corrected chi connectivity index (χ3v) is 11.8. The number of fused-ring (bicyclic) bond motifs is 1. The number of Topliss-reactive ketones (excluding diaryl/α,β-unsaturated/α-hetero) is 1. The molecule has 13 nitrogen and oxygen atoms in total. The average Bonchev–Trinajstić information content (AvgIpc) is 3.55. The SMILES string of the molecule is CC[C@H]1OC(=O)[C@H](C)C(=O)[C@H](C)[C@@H](O[C@@H]2O[C@H](C)C[C@H](N(C)C)[C@H]2O)[C@@](C)(OC/C=C/c2c[nH]c3ccccc23)C[C@@H](C)[C@H](NOC)[C@H](C)[C@@H](O)[C@]1(C)O. The Balaban J connectivity index is 1.82. The van der Waals surface area contributed by atoms with Gasteiger partial charge in [0.05, 0.1) is 37.6 Å². The van der Waals surface area contributed by atoms with Gasteiger partial charge in [0, 0.05) is 41.0 Å². The lowest BCUT2D eigenvalue weighted by Gasteiger charge is -2.48. The summed E-state index contributed by atoms with van der Waals surface area (Å²) in [6, 6.07) is 7.15. The highest BCUT2D eigenvalue weighted by atomic mass is 16.7. The van der Waals surface area contributed by atoms with Crippen molar-refractivity contribution in [2.24, 2.45) is 23.7 Å². The Morgan fingerprint density at radius 2 is 1.78 bits per heavy atom. The number of aliphatic hydroxyl groups is 3. The molecule has 2 aliphatic heterocycles. The van der Waals surface area contributed by atoms with E-state index < -0.39 is 77.5 Å². The molecular weight excluding hydrogens is 694 g/mol. The van der Waals surface area contributed by atoms with Gasteiger partial charge in [0.1, 0.15) is 23.7 Å². The number of ether oxygens (including phenoxy) is 4. The third-order valence-electron chi connectivity index (χ3n) is 11.8. The number of nitrogens with zero attached hydrogens (tertiary/aromatic N) is 1. The van der Waals surface area contributed by atoms with Crippen LogP contribution < -0.4 is 5.48 Å². The van der Waals surface area contributed by atoms with Gasteiger partial charge in [-0.1, -0.05) is 58.0 Å². The van der Waals surface area contributed by atoms with Crippen molar-refractivity contribution in [1.29, 1.82) is 0 Å². The summed E-state index contributed by atoms with van der Waals surface area (Å²) in [4.78, 5) is 38.7. The number of hydrogen-bond donors (Lipinski definition) is 5. The number of H-pyrrole nitrogens is 1. The molecule has 0 bridgehead atoms. The first kappa shape index (κ1) is 44.0. The molecule has 4 rings (SSSR count). The van der Waals surface area contributed by atoms with Gasteiger partial charge in [0.15, 0.2) is 12.1 Å². The minimum absolute atomic E-state index is 0.124. The Hall–Kier alpha value is -2.72. The number of aromatic nitrogens is 1. The highest BCUT2D eigenvalue weighted by Crippen LogP contribution is 2.40. The van der Waals surface area contributed by atoms with Crippen LogP contribution in [0.1, 0.15) is 80.2 Å². The fraction of sp³-hybridized carbons (Fsp3) is 0.707. The fourth-order valence-corrected chi connectivity index (χ4v) is 8.57. The van der Waals surface area contributed by atoms with E-state index in [0.29, 0.717) is 6.42 Å². The van der Waals surface area contributed by atoms with E-state index in [9.17, 15) is 24.9 Å². The van der Waals surface area contributed by atoms with Crippen LogP contribution in [0, 0.1) is 23.7 Å². The van der Waals surface area contributed by atoms with Crippen LogP contribution in [-0.2, 0) is 33.4 Å². The molecule has 0 amide bonds. The topological polar surface area (TPSA) is 172 Å². The lowest BCUT2D eigenvalue weighted by Crippen LogP contribution is -2.61. The third kappa shape index (κ3) is 9.62. The second-order valence-corrected chi connectivity index (χ2v) is 16.3. The van der Waals surface area contributed by atoms with Crippen LogP contribution in [0.25, 0.3) is 17.0 Å². The Bertz CT molecular complexity index is 1560. The minimum Gasteiger partial charge on any atom is -0.459 e. The molecule has 14 atom stereocenters. The number of esters is 1. The molecule has 0 aliphatic carbocycles. The summed E-state index contributed by atoms with van der Waals surface area (Å²) >= 11 is 0. The molecule has 13 heteroatoms. The first-order valence-corrected chi connectivity index (χ1v) is 19.3. The number of benzene rings is 1. The van der Waals surface area contributed by atoms with E-state index in [1.807, 2.05) is 82.4 Å². The predicted octanol–water partition coefficient (Wildman–Crippen LogP) is 4.24. The van der Waals surface area contributed by atoms with Crippen molar-refractivity contribution >= 4 is 28.7 Å². The Labute approximate surface area is 320 Å². The second-order valence-electron chi connectivity index (χ2n) is 16.3. The van der Waals surface area contributed by atoms with E-state index in [0.717, 1.165) is 16.5 Å². The number of ketones is 1. The van der Waals surface area contributed by atoms with E-state index in [-0.39, 0.29) is 37.5 Å². The number of cyclic esters (lactones) is 1. The van der Waals surface area contributed by atoms with Crippen LogP contribution in [0.2, 0.25) is 0 Å². The number of nitrogens with one attached hydrogen (secondary N) is 2. The van der Waals surface area contributed by atoms with Gasteiger partial charge >= 0.3 is 5.97 Å². The molecule has 304 valence electrons. The standard InChI is InChI=1S/C41H65N3O10/c1-12-32-41(8,49)36(47)25(4)33(43-50-11)23(2)21-40(7,51-19-15-16-28-22-42-30-18-14-13-17-29(28)30)37(26(5)34(45)27(6)38(48)53-32)54-39-35(46)31(44(9)10)20-24(3)52-39/h13-18,22-27,31-33,35-37,39,42-43,46-47,49H,12,19-21H2,1-11H3/b16-15+/t23-,24-,25+,26+,27-,31+,32-,33+,35-,36-,37-,39+,40+,41-/m1/s1. The van der Waals surface area contributed by atoms with Crippen LogP contribution in [0.15, 0.2) is 36.5 Å².